The summed E-state index contributed by atoms with van der Waals surface area (Å²) in [6, 6.07) is 4.38. The molecule has 1 rings (SSSR count). The zero-order valence-electron chi connectivity index (χ0n) is 6.14. The van der Waals surface area contributed by atoms with Gasteiger partial charge in [0.05, 0.1) is 8.07 Å². The minimum Gasteiger partial charge on any atom is -0.154 e. The van der Waals surface area contributed by atoms with Crippen LogP contribution in [0.3, 0.4) is 0 Å². The third-order valence-electron chi connectivity index (χ3n) is 1.26. The van der Waals surface area contributed by atoms with Gasteiger partial charge in [0.2, 0.25) is 0 Å². The molecule has 0 radical (unpaired) electrons. The van der Waals surface area contributed by atoms with Gasteiger partial charge in [-0.3, -0.25) is 0 Å². The van der Waals surface area contributed by atoms with Crippen LogP contribution >= 0.6 is 11.3 Å². The van der Waals surface area contributed by atoms with Gasteiger partial charge in [-0.2, -0.15) is 11.3 Å². The second-order valence-electron chi connectivity index (χ2n) is 3.23. The molecule has 0 unspecified atom stereocenters. The van der Waals surface area contributed by atoms with E-state index in [-0.39, 0.29) is 0 Å². The maximum absolute atomic E-state index is 2.37. The van der Waals surface area contributed by atoms with Crippen molar-refractivity contribution in [3.05, 3.63) is 17.5 Å². The Labute approximate surface area is 61.5 Å². The van der Waals surface area contributed by atoms with Crippen LogP contribution < -0.4 is 4.50 Å². The van der Waals surface area contributed by atoms with Crippen molar-refractivity contribution in [3.63, 3.8) is 0 Å². The van der Waals surface area contributed by atoms with E-state index < -0.39 is 8.07 Å². The third-order valence-corrected chi connectivity index (χ3v) is 5.78. The monoisotopic (exact) mass is 156 g/mol. The average Bonchev–Trinajstić information content (AvgIpc) is 2.08. The van der Waals surface area contributed by atoms with Gasteiger partial charge in [-0.25, -0.2) is 0 Å². The van der Waals surface area contributed by atoms with E-state index in [1.54, 1.807) is 4.50 Å². The Kier molecular flexibility index (Phi) is 1.77. The van der Waals surface area contributed by atoms with Gasteiger partial charge in [0.15, 0.2) is 0 Å². The SMILES string of the molecule is C[Si](C)(C)c1cccs1. The Hall–Kier alpha value is -0.0831. The smallest absolute Gasteiger partial charge is 0.0903 e. The maximum Gasteiger partial charge on any atom is 0.0903 e. The molecule has 0 aliphatic heterocycles. The van der Waals surface area contributed by atoms with Crippen molar-refractivity contribution in [2.45, 2.75) is 19.6 Å². The summed E-state index contributed by atoms with van der Waals surface area (Å²) in [5.74, 6) is 0. The van der Waals surface area contributed by atoms with E-state index in [2.05, 4.69) is 37.2 Å². The van der Waals surface area contributed by atoms with E-state index in [1.807, 2.05) is 11.3 Å². The minimum atomic E-state index is -0.963. The van der Waals surface area contributed by atoms with Crippen LogP contribution in [-0.2, 0) is 0 Å². The van der Waals surface area contributed by atoms with Crippen LogP contribution in [0.4, 0.5) is 0 Å². The van der Waals surface area contributed by atoms with E-state index in [4.69, 9.17) is 0 Å². The molecule has 0 aromatic carbocycles. The first-order chi connectivity index (χ1) is 4.11. The van der Waals surface area contributed by atoms with Crippen molar-refractivity contribution < 1.29 is 0 Å². The standard InChI is InChI=1S/C7H12SSi/c1-9(2,3)7-5-4-6-8-7/h4-6H,1-3H3. The highest BCUT2D eigenvalue weighted by atomic mass is 32.1. The molecule has 0 saturated heterocycles. The highest BCUT2D eigenvalue weighted by Gasteiger charge is 2.16. The molecule has 0 N–H and O–H groups in total. The van der Waals surface area contributed by atoms with Crippen LogP contribution in [0.5, 0.6) is 0 Å². The van der Waals surface area contributed by atoms with Crippen LogP contribution in [0.1, 0.15) is 0 Å². The fraction of sp³-hybridized carbons (Fsp3) is 0.429. The summed E-state index contributed by atoms with van der Waals surface area (Å²) < 4.78 is 1.60. The molecule has 0 aliphatic carbocycles. The van der Waals surface area contributed by atoms with Gasteiger partial charge >= 0.3 is 0 Å². The van der Waals surface area contributed by atoms with E-state index in [9.17, 15) is 0 Å². The molecule has 50 valence electrons. The molecule has 0 saturated carbocycles. The van der Waals surface area contributed by atoms with Gasteiger partial charge in [0.1, 0.15) is 0 Å². The van der Waals surface area contributed by atoms with Gasteiger partial charge < -0.3 is 0 Å². The third kappa shape index (κ3) is 1.66. The molecule has 0 bridgehead atoms. The summed E-state index contributed by atoms with van der Waals surface area (Å²) in [5, 5.41) is 2.16. The van der Waals surface area contributed by atoms with Crippen LogP contribution in [0.15, 0.2) is 17.5 Å². The first kappa shape index (κ1) is 7.03. The van der Waals surface area contributed by atoms with E-state index in [1.165, 1.54) is 0 Å². The predicted octanol–water partition coefficient (Wildman–Crippen LogP) is 2.29. The summed E-state index contributed by atoms with van der Waals surface area (Å²) in [6.45, 7) is 7.12. The van der Waals surface area contributed by atoms with Gasteiger partial charge in [0.25, 0.3) is 0 Å². The van der Waals surface area contributed by atoms with Crippen molar-refractivity contribution in [2.75, 3.05) is 0 Å². The molecule has 1 aromatic heterocycles. The Morgan fingerprint density at radius 2 is 2.00 bits per heavy atom. The molecule has 1 heterocycles. The fourth-order valence-corrected chi connectivity index (χ4v) is 3.38. The molecule has 0 amide bonds. The largest absolute Gasteiger partial charge is 0.154 e. The van der Waals surface area contributed by atoms with Crippen molar-refractivity contribution in [1.29, 1.82) is 0 Å². The summed E-state index contributed by atoms with van der Waals surface area (Å²) >= 11 is 1.89. The molecule has 0 spiro atoms. The maximum atomic E-state index is 2.37. The van der Waals surface area contributed by atoms with Crippen molar-refractivity contribution >= 4 is 23.9 Å². The van der Waals surface area contributed by atoms with Crippen LogP contribution in [0.25, 0.3) is 0 Å². The molecular formula is C7H12SSi. The zero-order chi connectivity index (χ0) is 6.91. The molecular weight excluding hydrogens is 144 g/mol. The molecule has 0 nitrogen and oxygen atoms in total. The number of hydrogen-bond acceptors (Lipinski definition) is 1. The molecule has 0 atom stereocenters. The zero-order valence-corrected chi connectivity index (χ0v) is 7.96. The van der Waals surface area contributed by atoms with Gasteiger partial charge in [-0.15, -0.1) is 0 Å². The first-order valence-electron chi connectivity index (χ1n) is 3.15. The number of thiophene rings is 1. The van der Waals surface area contributed by atoms with E-state index in [0.29, 0.717) is 0 Å². The van der Waals surface area contributed by atoms with Crippen LogP contribution in [0, 0.1) is 0 Å². The predicted molar refractivity (Wildman–Crippen MR) is 47.3 cm³/mol. The van der Waals surface area contributed by atoms with Crippen molar-refractivity contribution in [2.24, 2.45) is 0 Å². The van der Waals surface area contributed by atoms with E-state index in [0.717, 1.165) is 0 Å². The van der Waals surface area contributed by atoms with Crippen LogP contribution in [0.2, 0.25) is 19.6 Å². The van der Waals surface area contributed by atoms with Crippen molar-refractivity contribution in [1.82, 2.24) is 0 Å². The summed E-state index contributed by atoms with van der Waals surface area (Å²) in [5.41, 5.74) is 0. The molecule has 0 aliphatic rings. The van der Waals surface area contributed by atoms with Gasteiger partial charge in [0, 0.05) is 0 Å². The lowest BCUT2D eigenvalue weighted by atomic mass is 10.7. The minimum absolute atomic E-state index is 0.963. The Morgan fingerprint density at radius 3 is 2.22 bits per heavy atom. The van der Waals surface area contributed by atoms with Gasteiger partial charge in [-0.1, -0.05) is 31.8 Å². The Bertz CT molecular complexity index is 171. The number of rotatable bonds is 1. The summed E-state index contributed by atoms with van der Waals surface area (Å²) in [6.07, 6.45) is 0. The van der Waals surface area contributed by atoms with Crippen molar-refractivity contribution in [3.8, 4) is 0 Å². The Morgan fingerprint density at radius 1 is 1.33 bits per heavy atom. The molecule has 2 heteroatoms. The highest BCUT2D eigenvalue weighted by molar-refractivity contribution is 7.25. The molecule has 0 fully saturated rings. The van der Waals surface area contributed by atoms with E-state index >= 15 is 0 Å². The Balaban J connectivity index is 2.90. The summed E-state index contributed by atoms with van der Waals surface area (Å²) in [7, 11) is -0.963. The topological polar surface area (TPSA) is 0 Å². The highest BCUT2D eigenvalue weighted by Crippen LogP contribution is 2.05. The second-order valence-corrected chi connectivity index (χ2v) is 9.58. The quantitative estimate of drug-likeness (QED) is 0.547. The average molecular weight is 156 g/mol. The van der Waals surface area contributed by atoms with Crippen LogP contribution in [-0.4, -0.2) is 8.07 Å². The fourth-order valence-electron chi connectivity index (χ4n) is 0.705. The lowest BCUT2D eigenvalue weighted by molar-refractivity contribution is 1.79. The lowest BCUT2D eigenvalue weighted by Crippen LogP contribution is -2.34. The second kappa shape index (κ2) is 2.27. The number of hydrogen-bond donors (Lipinski definition) is 0. The molecule has 1 aromatic rings. The lowest BCUT2D eigenvalue weighted by Gasteiger charge is -2.11. The van der Waals surface area contributed by atoms with Gasteiger partial charge in [-0.05, 0) is 9.88 Å². The first-order valence-corrected chi connectivity index (χ1v) is 7.52. The molecule has 9 heavy (non-hydrogen) atoms. The summed E-state index contributed by atoms with van der Waals surface area (Å²) in [4.78, 5) is 0. The normalized spacial score (nSPS) is 11.9.